The van der Waals surface area contributed by atoms with Crippen LogP contribution in [0.25, 0.3) is 0 Å². The van der Waals surface area contributed by atoms with E-state index < -0.39 is 47.9 Å². The third kappa shape index (κ3) is 11.8. The van der Waals surface area contributed by atoms with Gasteiger partial charge in [-0.15, -0.1) is 0 Å². The molecule has 0 radical (unpaired) electrons. The highest BCUT2D eigenvalue weighted by Gasteiger charge is 2.31. The molecule has 4 unspecified atom stereocenters. The van der Waals surface area contributed by atoms with Crippen LogP contribution in [0.2, 0.25) is 0 Å². The number of carboxylic acid groups (broad SMARTS) is 1. The Hall–Kier alpha value is -2.83. The maximum atomic E-state index is 13.3. The summed E-state index contributed by atoms with van der Waals surface area (Å²) in [6.07, 6.45) is 4.00. The first kappa shape index (κ1) is 32.2. The minimum Gasteiger partial charge on any atom is -0.508 e. The normalized spacial score (nSPS) is 14.3. The second kappa shape index (κ2) is 16.8. The molecule has 37 heavy (non-hydrogen) atoms. The number of amides is 3. The summed E-state index contributed by atoms with van der Waals surface area (Å²) in [4.78, 5) is 50.6. The largest absolute Gasteiger partial charge is 0.508 e. The van der Waals surface area contributed by atoms with Gasteiger partial charge in [0.05, 0.1) is 6.04 Å². The summed E-state index contributed by atoms with van der Waals surface area (Å²) < 4.78 is 0. The van der Waals surface area contributed by atoms with Gasteiger partial charge in [-0.2, -0.15) is 11.8 Å². The van der Waals surface area contributed by atoms with E-state index in [-0.39, 0.29) is 24.5 Å². The van der Waals surface area contributed by atoms with Gasteiger partial charge >= 0.3 is 5.97 Å². The van der Waals surface area contributed by atoms with Gasteiger partial charge in [-0.05, 0) is 61.4 Å². The molecule has 0 aliphatic rings. The number of carbonyl (C=O) groups excluding carboxylic acids is 3. The Kier molecular flexibility index (Phi) is 14.6. The van der Waals surface area contributed by atoms with Crippen molar-refractivity contribution < 1.29 is 29.4 Å². The lowest BCUT2D eigenvalue weighted by Crippen LogP contribution is -2.58. The molecule has 1 rings (SSSR count). The Labute approximate surface area is 222 Å². The van der Waals surface area contributed by atoms with Gasteiger partial charge in [-0.1, -0.05) is 32.4 Å². The van der Waals surface area contributed by atoms with Gasteiger partial charge in [0.25, 0.3) is 0 Å². The van der Waals surface area contributed by atoms with Crippen LogP contribution in [0, 0.1) is 5.92 Å². The van der Waals surface area contributed by atoms with Crippen molar-refractivity contribution in [1.82, 2.24) is 16.0 Å². The molecule has 0 fully saturated rings. The minimum atomic E-state index is -1.17. The van der Waals surface area contributed by atoms with Crippen LogP contribution in [-0.4, -0.2) is 76.6 Å². The quantitative estimate of drug-likeness (QED) is 0.136. The number of nitrogens with two attached hydrogens (primary N) is 2. The van der Waals surface area contributed by atoms with Gasteiger partial charge in [0.15, 0.2) is 0 Å². The molecule has 0 saturated heterocycles. The van der Waals surface area contributed by atoms with E-state index in [0.717, 1.165) is 6.42 Å². The highest BCUT2D eigenvalue weighted by atomic mass is 32.2. The molecule has 0 heterocycles. The van der Waals surface area contributed by atoms with E-state index in [1.165, 1.54) is 23.9 Å². The Balaban J connectivity index is 3.08. The number of carboxylic acids is 1. The minimum absolute atomic E-state index is 0.0580. The van der Waals surface area contributed by atoms with Crippen molar-refractivity contribution in [2.75, 3.05) is 18.6 Å². The van der Waals surface area contributed by atoms with Crippen LogP contribution < -0.4 is 27.4 Å². The monoisotopic (exact) mass is 539 g/mol. The number of phenols is 1. The molecule has 0 aliphatic heterocycles. The molecule has 11 nitrogen and oxygen atoms in total. The number of hydrogen-bond donors (Lipinski definition) is 7. The van der Waals surface area contributed by atoms with Crippen LogP contribution in [0.5, 0.6) is 5.75 Å². The highest BCUT2D eigenvalue weighted by Crippen LogP contribution is 2.13. The van der Waals surface area contributed by atoms with E-state index in [4.69, 9.17) is 11.5 Å². The number of carbonyl (C=O) groups is 4. The molecule has 1 aromatic carbocycles. The lowest BCUT2D eigenvalue weighted by atomic mass is 10.0. The first-order valence-electron chi connectivity index (χ1n) is 12.4. The Morgan fingerprint density at radius 3 is 2.05 bits per heavy atom. The van der Waals surface area contributed by atoms with E-state index >= 15 is 0 Å². The number of thioether (sulfide) groups is 1. The SMILES string of the molecule is CSCCC(NC(=O)C(Cc1ccc(O)cc1)NC(=O)C(N)CCCCN)C(=O)NC(C(=O)O)C(C)C. The van der Waals surface area contributed by atoms with Crippen LogP contribution in [0.4, 0.5) is 0 Å². The number of hydrogen-bond acceptors (Lipinski definition) is 8. The van der Waals surface area contributed by atoms with Crippen LogP contribution in [0.15, 0.2) is 24.3 Å². The molecule has 3 amide bonds. The molecule has 1 aromatic rings. The fourth-order valence-electron chi connectivity index (χ4n) is 3.54. The van der Waals surface area contributed by atoms with Gasteiger partial charge in [-0.3, -0.25) is 14.4 Å². The summed E-state index contributed by atoms with van der Waals surface area (Å²) in [5.41, 5.74) is 12.2. The zero-order valence-corrected chi connectivity index (χ0v) is 22.6. The average molecular weight is 540 g/mol. The third-order valence-electron chi connectivity index (χ3n) is 5.79. The standard InChI is InChI=1S/C25H41N5O6S/c1-15(2)21(25(35)36)30-23(33)19(11-13-37-3)28-24(34)20(14-16-7-9-17(31)10-8-16)29-22(32)18(27)6-4-5-12-26/h7-10,15,18-21,31H,4-6,11-14,26-27H2,1-3H3,(H,28,34)(H,29,32)(H,30,33)(H,35,36). The topological polar surface area (TPSA) is 197 Å². The van der Waals surface area contributed by atoms with Crippen molar-refractivity contribution in [3.05, 3.63) is 29.8 Å². The molecule has 9 N–H and O–H groups in total. The zero-order chi connectivity index (χ0) is 28.0. The maximum Gasteiger partial charge on any atom is 0.326 e. The van der Waals surface area contributed by atoms with Crippen LogP contribution >= 0.6 is 11.8 Å². The van der Waals surface area contributed by atoms with Crippen molar-refractivity contribution >= 4 is 35.5 Å². The van der Waals surface area contributed by atoms with Gasteiger partial charge in [0.1, 0.15) is 23.9 Å². The molecular formula is C25H41N5O6S. The average Bonchev–Trinajstić information content (AvgIpc) is 2.85. The second-order valence-electron chi connectivity index (χ2n) is 9.23. The zero-order valence-electron chi connectivity index (χ0n) is 21.7. The fraction of sp³-hybridized carbons (Fsp3) is 0.600. The summed E-state index contributed by atoms with van der Waals surface area (Å²) in [5, 5.41) is 26.9. The molecule has 0 saturated carbocycles. The van der Waals surface area contributed by atoms with Crippen molar-refractivity contribution in [2.45, 2.75) is 70.1 Å². The van der Waals surface area contributed by atoms with Gasteiger partial charge in [-0.25, -0.2) is 4.79 Å². The number of unbranched alkanes of at least 4 members (excludes halogenated alkanes) is 1. The molecule has 208 valence electrons. The molecular weight excluding hydrogens is 498 g/mol. The molecule has 12 heteroatoms. The summed E-state index contributed by atoms with van der Waals surface area (Å²) >= 11 is 1.48. The van der Waals surface area contributed by atoms with E-state index in [1.54, 1.807) is 26.0 Å². The fourth-order valence-corrected chi connectivity index (χ4v) is 4.01. The summed E-state index contributed by atoms with van der Waals surface area (Å²) in [7, 11) is 0. The van der Waals surface area contributed by atoms with E-state index in [1.807, 2.05) is 6.26 Å². The molecule has 4 atom stereocenters. The third-order valence-corrected chi connectivity index (χ3v) is 6.43. The van der Waals surface area contributed by atoms with E-state index in [9.17, 15) is 29.4 Å². The van der Waals surface area contributed by atoms with Gasteiger partial charge in [0, 0.05) is 6.42 Å². The highest BCUT2D eigenvalue weighted by molar-refractivity contribution is 7.98. The van der Waals surface area contributed by atoms with E-state index in [2.05, 4.69) is 16.0 Å². The number of phenolic OH excluding ortho intramolecular Hbond substituents is 1. The van der Waals surface area contributed by atoms with Crippen LogP contribution in [0.1, 0.15) is 45.1 Å². The predicted molar refractivity (Wildman–Crippen MR) is 144 cm³/mol. The lowest BCUT2D eigenvalue weighted by molar-refractivity contribution is -0.143. The number of aliphatic carboxylic acids is 1. The molecule has 0 aromatic heterocycles. The van der Waals surface area contributed by atoms with Crippen molar-refractivity contribution in [3.63, 3.8) is 0 Å². The Morgan fingerprint density at radius 2 is 1.51 bits per heavy atom. The smallest absolute Gasteiger partial charge is 0.326 e. The first-order valence-corrected chi connectivity index (χ1v) is 13.8. The first-order chi connectivity index (χ1) is 17.5. The number of benzene rings is 1. The number of nitrogens with one attached hydrogen (secondary N) is 3. The van der Waals surface area contributed by atoms with Gasteiger partial charge in [0.2, 0.25) is 17.7 Å². The maximum absolute atomic E-state index is 13.3. The Morgan fingerprint density at radius 1 is 0.919 bits per heavy atom. The molecule has 0 aliphatic carbocycles. The van der Waals surface area contributed by atoms with Crippen molar-refractivity contribution in [3.8, 4) is 5.75 Å². The van der Waals surface area contributed by atoms with E-state index in [0.29, 0.717) is 30.7 Å². The Bertz CT molecular complexity index is 883. The van der Waals surface area contributed by atoms with Crippen molar-refractivity contribution in [1.29, 1.82) is 0 Å². The lowest BCUT2D eigenvalue weighted by Gasteiger charge is -2.26. The predicted octanol–water partition coefficient (Wildman–Crippen LogP) is 0.339. The van der Waals surface area contributed by atoms with Crippen LogP contribution in [-0.2, 0) is 25.6 Å². The van der Waals surface area contributed by atoms with Crippen LogP contribution in [0.3, 0.4) is 0 Å². The second-order valence-corrected chi connectivity index (χ2v) is 10.2. The summed E-state index contributed by atoms with van der Waals surface area (Å²) in [6.45, 7) is 3.84. The van der Waals surface area contributed by atoms with Gasteiger partial charge < -0.3 is 37.6 Å². The number of rotatable bonds is 17. The summed E-state index contributed by atoms with van der Waals surface area (Å²) in [5.74, 6) is -2.65. The summed E-state index contributed by atoms with van der Waals surface area (Å²) in [6, 6.07) is 2.19. The van der Waals surface area contributed by atoms with Crippen molar-refractivity contribution in [2.24, 2.45) is 17.4 Å². The number of aromatic hydroxyl groups is 1. The molecule has 0 bridgehead atoms. The molecule has 0 spiro atoms.